The van der Waals surface area contributed by atoms with E-state index in [1.165, 1.54) is 29.5 Å². The summed E-state index contributed by atoms with van der Waals surface area (Å²) in [6.07, 6.45) is 5.12. The van der Waals surface area contributed by atoms with Gasteiger partial charge in [0.25, 0.3) is 0 Å². The molecule has 1 aliphatic heterocycles. The van der Waals surface area contributed by atoms with E-state index in [0.29, 0.717) is 6.54 Å². The van der Waals surface area contributed by atoms with Crippen molar-refractivity contribution < 1.29 is 9.18 Å². The number of aromatic nitrogens is 1. The molecule has 3 rings (SSSR count). The second-order valence-corrected chi connectivity index (χ2v) is 6.24. The van der Waals surface area contributed by atoms with Crippen LogP contribution in [0.2, 0.25) is 0 Å². The molecule has 2 aromatic rings. The normalized spacial score (nSPS) is 18.3. The number of rotatable bonds is 4. The van der Waals surface area contributed by atoms with E-state index in [2.05, 4.69) is 15.2 Å². The van der Waals surface area contributed by atoms with Gasteiger partial charge in [0.2, 0.25) is 5.91 Å². The maximum atomic E-state index is 13.4. The fraction of sp³-hybridized carbons (Fsp3) is 0.294. The van der Waals surface area contributed by atoms with Gasteiger partial charge in [-0.3, -0.25) is 4.79 Å². The molecule has 1 fully saturated rings. The zero-order chi connectivity index (χ0) is 16.1. The number of amides is 1. The van der Waals surface area contributed by atoms with Crippen LogP contribution in [0.15, 0.2) is 41.2 Å². The zero-order valence-electron chi connectivity index (χ0n) is 12.6. The number of carbonyl (C=O) groups excluding carboxylic acids is 1. The maximum absolute atomic E-state index is 13.4. The van der Waals surface area contributed by atoms with E-state index >= 15 is 0 Å². The van der Waals surface area contributed by atoms with Crippen LogP contribution in [0.5, 0.6) is 0 Å². The highest BCUT2D eigenvalue weighted by atomic mass is 32.1. The Bertz CT molecular complexity index is 687. The van der Waals surface area contributed by atoms with Gasteiger partial charge in [-0.25, -0.2) is 9.37 Å². The van der Waals surface area contributed by atoms with E-state index < -0.39 is 0 Å². The molecule has 0 saturated carbocycles. The fourth-order valence-corrected chi connectivity index (χ4v) is 3.24. The van der Waals surface area contributed by atoms with Crippen molar-refractivity contribution >= 4 is 29.0 Å². The molecular weight excluding hydrogens is 313 g/mol. The molecule has 1 N–H and O–H groups in total. The molecular formula is C17H18FN3OS. The Morgan fingerprint density at radius 2 is 2.39 bits per heavy atom. The van der Waals surface area contributed by atoms with Gasteiger partial charge in [0, 0.05) is 36.3 Å². The molecule has 120 valence electrons. The minimum Gasteiger partial charge on any atom is -0.369 e. The molecule has 1 amide bonds. The lowest BCUT2D eigenvalue weighted by molar-refractivity contribution is -0.117. The summed E-state index contributed by atoms with van der Waals surface area (Å²) in [6, 6.07) is 6.65. The monoisotopic (exact) mass is 331 g/mol. The Hall–Kier alpha value is -2.21. The van der Waals surface area contributed by atoms with Crippen molar-refractivity contribution in [1.82, 2.24) is 10.3 Å². The van der Waals surface area contributed by atoms with Gasteiger partial charge in [-0.1, -0.05) is 6.07 Å². The summed E-state index contributed by atoms with van der Waals surface area (Å²) in [6.45, 7) is 1.57. The number of hydrogen-bond donors (Lipinski definition) is 1. The lowest BCUT2D eigenvalue weighted by Crippen LogP contribution is -2.47. The summed E-state index contributed by atoms with van der Waals surface area (Å²) in [5.74, 6) is -0.357. The number of halogens is 1. The average Bonchev–Trinajstić information content (AvgIpc) is 3.07. The molecule has 2 heterocycles. The summed E-state index contributed by atoms with van der Waals surface area (Å²) in [5.41, 5.74) is 3.38. The van der Waals surface area contributed by atoms with E-state index in [9.17, 15) is 9.18 Å². The summed E-state index contributed by atoms with van der Waals surface area (Å²) >= 11 is 1.49. The van der Waals surface area contributed by atoms with Gasteiger partial charge in [0.05, 0.1) is 11.2 Å². The van der Waals surface area contributed by atoms with Gasteiger partial charge in [-0.15, -0.1) is 11.3 Å². The number of anilines is 1. The molecule has 1 unspecified atom stereocenters. The van der Waals surface area contributed by atoms with Gasteiger partial charge >= 0.3 is 0 Å². The molecule has 23 heavy (non-hydrogen) atoms. The predicted molar refractivity (Wildman–Crippen MR) is 90.9 cm³/mol. The lowest BCUT2D eigenvalue weighted by Gasteiger charge is -2.34. The van der Waals surface area contributed by atoms with Crippen molar-refractivity contribution in [2.24, 2.45) is 0 Å². The first kappa shape index (κ1) is 15.7. The third kappa shape index (κ3) is 4.39. The number of benzene rings is 1. The minimum atomic E-state index is -0.236. The summed E-state index contributed by atoms with van der Waals surface area (Å²) < 4.78 is 13.4. The second-order valence-electron chi connectivity index (χ2n) is 5.52. The van der Waals surface area contributed by atoms with Gasteiger partial charge in [0.15, 0.2) is 0 Å². The Kier molecular flexibility index (Phi) is 5.02. The fourth-order valence-electron chi connectivity index (χ4n) is 2.72. The molecule has 1 aromatic heterocycles. The van der Waals surface area contributed by atoms with Gasteiger partial charge in [-0.2, -0.15) is 0 Å². The minimum absolute atomic E-state index is 0.0691. The van der Waals surface area contributed by atoms with Crippen LogP contribution in [-0.4, -0.2) is 30.0 Å². The van der Waals surface area contributed by atoms with Crippen LogP contribution in [0.3, 0.4) is 0 Å². The van der Waals surface area contributed by atoms with E-state index in [0.717, 1.165) is 30.8 Å². The largest absolute Gasteiger partial charge is 0.369 e. The first-order chi connectivity index (χ1) is 11.2. The molecule has 1 aliphatic rings. The molecule has 0 radical (unpaired) electrons. The molecule has 1 saturated heterocycles. The Labute approximate surface area is 138 Å². The standard InChI is InChI=1S/C17H18FN3OS/c18-13-3-1-5-16(9-13)21-8-2-4-14(10-21)20-17(22)7-6-15-11-23-12-19-15/h1,3,5-7,9,11-12,14H,2,4,8,10H2,(H,20,22). The average molecular weight is 331 g/mol. The highest BCUT2D eigenvalue weighted by molar-refractivity contribution is 7.07. The van der Waals surface area contributed by atoms with Crippen LogP contribution in [0.1, 0.15) is 18.5 Å². The van der Waals surface area contributed by atoms with E-state index in [1.54, 1.807) is 17.7 Å². The molecule has 4 nitrogen and oxygen atoms in total. The van der Waals surface area contributed by atoms with E-state index in [-0.39, 0.29) is 17.8 Å². The second kappa shape index (κ2) is 7.37. The smallest absolute Gasteiger partial charge is 0.244 e. The van der Waals surface area contributed by atoms with Crippen molar-refractivity contribution in [3.05, 3.63) is 52.7 Å². The Morgan fingerprint density at radius 1 is 1.48 bits per heavy atom. The molecule has 0 aliphatic carbocycles. The van der Waals surface area contributed by atoms with Crippen molar-refractivity contribution in [3.8, 4) is 0 Å². The topological polar surface area (TPSA) is 45.2 Å². The zero-order valence-corrected chi connectivity index (χ0v) is 13.4. The van der Waals surface area contributed by atoms with E-state index in [4.69, 9.17) is 0 Å². The molecule has 1 atom stereocenters. The maximum Gasteiger partial charge on any atom is 0.244 e. The number of piperidine rings is 1. The molecule has 0 bridgehead atoms. The Morgan fingerprint density at radius 3 is 3.17 bits per heavy atom. The lowest BCUT2D eigenvalue weighted by atomic mass is 10.0. The third-order valence-corrected chi connectivity index (χ3v) is 4.40. The first-order valence-corrected chi connectivity index (χ1v) is 8.52. The van der Waals surface area contributed by atoms with Crippen LogP contribution < -0.4 is 10.2 Å². The summed E-state index contributed by atoms with van der Waals surface area (Å²) in [4.78, 5) is 18.2. The van der Waals surface area contributed by atoms with Crippen molar-refractivity contribution in [3.63, 3.8) is 0 Å². The van der Waals surface area contributed by atoms with E-state index in [1.807, 2.05) is 11.4 Å². The molecule has 1 aromatic carbocycles. The predicted octanol–water partition coefficient (Wildman–Crippen LogP) is 3.08. The highest BCUT2D eigenvalue weighted by Crippen LogP contribution is 2.20. The number of hydrogen-bond acceptors (Lipinski definition) is 4. The quantitative estimate of drug-likeness (QED) is 0.876. The summed E-state index contributed by atoms with van der Waals surface area (Å²) in [7, 11) is 0. The third-order valence-electron chi connectivity index (χ3n) is 3.80. The summed E-state index contributed by atoms with van der Waals surface area (Å²) in [5, 5.41) is 4.90. The van der Waals surface area contributed by atoms with Crippen LogP contribution >= 0.6 is 11.3 Å². The van der Waals surface area contributed by atoms with Crippen LogP contribution in [0.4, 0.5) is 10.1 Å². The van der Waals surface area contributed by atoms with Crippen molar-refractivity contribution in [2.75, 3.05) is 18.0 Å². The van der Waals surface area contributed by atoms with Gasteiger partial charge < -0.3 is 10.2 Å². The van der Waals surface area contributed by atoms with Gasteiger partial charge in [0.1, 0.15) is 5.82 Å². The Balaban J connectivity index is 1.57. The van der Waals surface area contributed by atoms with Crippen molar-refractivity contribution in [2.45, 2.75) is 18.9 Å². The van der Waals surface area contributed by atoms with Crippen LogP contribution in [0, 0.1) is 5.82 Å². The number of thiazole rings is 1. The van der Waals surface area contributed by atoms with Gasteiger partial charge in [-0.05, 0) is 37.1 Å². The number of nitrogens with one attached hydrogen (secondary N) is 1. The number of carbonyl (C=O) groups is 1. The van der Waals surface area contributed by atoms with Crippen LogP contribution in [0.25, 0.3) is 6.08 Å². The molecule has 0 spiro atoms. The van der Waals surface area contributed by atoms with Crippen LogP contribution in [-0.2, 0) is 4.79 Å². The highest BCUT2D eigenvalue weighted by Gasteiger charge is 2.21. The number of nitrogens with zero attached hydrogens (tertiary/aromatic N) is 2. The van der Waals surface area contributed by atoms with Crippen molar-refractivity contribution in [1.29, 1.82) is 0 Å². The first-order valence-electron chi connectivity index (χ1n) is 7.58. The SMILES string of the molecule is O=C(C=Cc1cscn1)NC1CCCN(c2cccc(F)c2)C1. The molecule has 6 heteroatoms.